The van der Waals surface area contributed by atoms with Crippen LogP contribution >= 0.6 is 15.9 Å². The van der Waals surface area contributed by atoms with E-state index >= 15 is 0 Å². The fraction of sp³-hybridized carbons (Fsp3) is 0.571. The van der Waals surface area contributed by atoms with Gasteiger partial charge in [-0.1, -0.05) is 47.5 Å². The summed E-state index contributed by atoms with van der Waals surface area (Å²) < 4.78 is 6.75. The van der Waals surface area contributed by atoms with E-state index in [0.717, 1.165) is 17.6 Å². The number of hydrogen-bond donors (Lipinski definition) is 1. The minimum Gasteiger partial charge on any atom is -0.375 e. The lowest BCUT2D eigenvalue weighted by Gasteiger charge is -2.12. The van der Waals surface area contributed by atoms with Gasteiger partial charge in [-0.25, -0.2) is 0 Å². The molecule has 0 heterocycles. The Kier molecular flexibility index (Phi) is 7.49. The van der Waals surface area contributed by atoms with Gasteiger partial charge in [0.2, 0.25) is 0 Å². The largest absolute Gasteiger partial charge is 0.375 e. The Morgan fingerprint density at radius 3 is 2.82 bits per heavy atom. The van der Waals surface area contributed by atoms with E-state index in [0.29, 0.717) is 12.6 Å². The van der Waals surface area contributed by atoms with Crippen molar-refractivity contribution in [3.05, 3.63) is 34.3 Å². The maximum atomic E-state index is 5.64. The van der Waals surface area contributed by atoms with Crippen molar-refractivity contribution in [3.63, 3.8) is 0 Å². The zero-order chi connectivity index (χ0) is 12.5. The summed E-state index contributed by atoms with van der Waals surface area (Å²) in [5.41, 5.74) is 1.20. The molecule has 1 N–H and O–H groups in total. The van der Waals surface area contributed by atoms with Crippen LogP contribution < -0.4 is 5.32 Å². The highest BCUT2D eigenvalue weighted by molar-refractivity contribution is 9.10. The Bertz CT molecular complexity index is 317. The number of benzene rings is 1. The third-order valence-corrected chi connectivity index (χ3v) is 3.45. The molecule has 1 unspecified atom stereocenters. The van der Waals surface area contributed by atoms with Gasteiger partial charge in [0, 0.05) is 17.1 Å². The van der Waals surface area contributed by atoms with E-state index in [1.54, 1.807) is 0 Å². The highest BCUT2D eigenvalue weighted by atomic mass is 79.9. The lowest BCUT2D eigenvalue weighted by Crippen LogP contribution is -2.29. The number of ether oxygens (including phenoxy) is 1. The Hall–Kier alpha value is -0.380. The Labute approximate surface area is 113 Å². The van der Waals surface area contributed by atoms with Crippen LogP contribution in [0, 0.1) is 0 Å². The van der Waals surface area contributed by atoms with Crippen LogP contribution in [0.25, 0.3) is 0 Å². The molecule has 1 rings (SSSR count). The molecule has 17 heavy (non-hydrogen) atoms. The first-order valence-corrected chi connectivity index (χ1v) is 7.08. The lowest BCUT2D eigenvalue weighted by molar-refractivity contribution is 0.120. The summed E-state index contributed by atoms with van der Waals surface area (Å²) in [6, 6.07) is 8.76. The van der Waals surface area contributed by atoms with Crippen LogP contribution in [-0.4, -0.2) is 19.2 Å². The van der Waals surface area contributed by atoms with Gasteiger partial charge in [0.15, 0.2) is 0 Å². The first-order chi connectivity index (χ1) is 8.24. The number of hydrogen-bond acceptors (Lipinski definition) is 2. The van der Waals surface area contributed by atoms with Crippen molar-refractivity contribution < 1.29 is 4.74 Å². The van der Waals surface area contributed by atoms with Crippen molar-refractivity contribution >= 4 is 15.9 Å². The highest BCUT2D eigenvalue weighted by Crippen LogP contribution is 2.16. The molecule has 96 valence electrons. The molecular weight excluding hydrogens is 278 g/mol. The van der Waals surface area contributed by atoms with E-state index in [4.69, 9.17) is 4.74 Å². The smallest absolute Gasteiger partial charge is 0.0728 e. The second-order valence-electron chi connectivity index (χ2n) is 4.29. The van der Waals surface area contributed by atoms with Gasteiger partial charge in [-0.2, -0.15) is 0 Å². The molecule has 2 nitrogen and oxygen atoms in total. The number of nitrogens with one attached hydrogen (secondary N) is 1. The van der Waals surface area contributed by atoms with Crippen molar-refractivity contribution in [2.45, 2.75) is 39.3 Å². The fourth-order valence-electron chi connectivity index (χ4n) is 1.71. The molecule has 1 aromatic rings. The average Bonchev–Trinajstić information content (AvgIpc) is 2.31. The normalized spacial score (nSPS) is 12.6. The summed E-state index contributed by atoms with van der Waals surface area (Å²) in [5, 5.41) is 3.45. The molecule has 0 amide bonds. The molecule has 0 fully saturated rings. The van der Waals surface area contributed by atoms with Crippen molar-refractivity contribution in [3.8, 4) is 0 Å². The summed E-state index contributed by atoms with van der Waals surface area (Å²) in [5.74, 6) is 0. The van der Waals surface area contributed by atoms with Gasteiger partial charge in [-0.15, -0.1) is 0 Å². The predicted molar refractivity (Wildman–Crippen MR) is 76.2 cm³/mol. The average molecular weight is 300 g/mol. The summed E-state index contributed by atoms with van der Waals surface area (Å²) in [7, 11) is 0. The van der Waals surface area contributed by atoms with E-state index in [-0.39, 0.29) is 0 Å². The zero-order valence-corrected chi connectivity index (χ0v) is 12.3. The van der Waals surface area contributed by atoms with Gasteiger partial charge in [0.1, 0.15) is 0 Å². The van der Waals surface area contributed by atoms with Crippen molar-refractivity contribution in [1.82, 2.24) is 5.32 Å². The molecule has 1 aromatic carbocycles. The van der Waals surface area contributed by atoms with Gasteiger partial charge >= 0.3 is 0 Å². The van der Waals surface area contributed by atoms with Crippen molar-refractivity contribution in [2.24, 2.45) is 0 Å². The van der Waals surface area contributed by atoms with Crippen LogP contribution in [0.5, 0.6) is 0 Å². The lowest BCUT2D eigenvalue weighted by atomic mass is 10.2. The molecule has 0 spiro atoms. The number of rotatable bonds is 8. The van der Waals surface area contributed by atoms with Crippen LogP contribution in [0.1, 0.15) is 32.3 Å². The highest BCUT2D eigenvalue weighted by Gasteiger charge is 2.00. The third-order valence-electron chi connectivity index (χ3n) is 2.68. The Morgan fingerprint density at radius 1 is 1.35 bits per heavy atom. The van der Waals surface area contributed by atoms with Gasteiger partial charge in [-0.3, -0.25) is 0 Å². The van der Waals surface area contributed by atoms with Gasteiger partial charge in [0.05, 0.1) is 13.2 Å². The fourth-order valence-corrected chi connectivity index (χ4v) is 2.11. The van der Waals surface area contributed by atoms with Crippen molar-refractivity contribution in [1.29, 1.82) is 0 Å². The molecule has 0 aliphatic rings. The molecule has 0 saturated heterocycles. The number of halogens is 1. The maximum Gasteiger partial charge on any atom is 0.0728 e. The van der Waals surface area contributed by atoms with Crippen LogP contribution in [0.2, 0.25) is 0 Å². The van der Waals surface area contributed by atoms with E-state index in [1.807, 2.05) is 18.2 Å². The monoisotopic (exact) mass is 299 g/mol. The van der Waals surface area contributed by atoms with E-state index in [1.165, 1.54) is 18.4 Å². The Balaban J connectivity index is 2.10. The van der Waals surface area contributed by atoms with Gasteiger partial charge in [0.25, 0.3) is 0 Å². The first kappa shape index (κ1) is 14.7. The van der Waals surface area contributed by atoms with Crippen LogP contribution in [0.3, 0.4) is 0 Å². The summed E-state index contributed by atoms with van der Waals surface area (Å²) in [4.78, 5) is 0. The minimum atomic E-state index is 0.590. The molecule has 0 aromatic heterocycles. The molecular formula is C14H22BrNO. The molecule has 0 aliphatic carbocycles. The van der Waals surface area contributed by atoms with Crippen LogP contribution in [0.4, 0.5) is 0 Å². The van der Waals surface area contributed by atoms with E-state index in [2.05, 4.69) is 41.2 Å². The van der Waals surface area contributed by atoms with Crippen molar-refractivity contribution in [2.75, 3.05) is 13.2 Å². The summed E-state index contributed by atoms with van der Waals surface area (Å²) in [6.45, 7) is 6.78. The first-order valence-electron chi connectivity index (χ1n) is 6.28. The summed E-state index contributed by atoms with van der Waals surface area (Å²) >= 11 is 3.51. The second-order valence-corrected chi connectivity index (χ2v) is 5.14. The van der Waals surface area contributed by atoms with Crippen LogP contribution in [-0.2, 0) is 11.3 Å². The SMILES string of the molecule is CCCC(C)NCCOCc1ccccc1Br. The predicted octanol–water partition coefficient (Wildman–Crippen LogP) is 3.74. The van der Waals surface area contributed by atoms with E-state index in [9.17, 15) is 0 Å². The summed E-state index contributed by atoms with van der Waals surface area (Å²) in [6.07, 6.45) is 2.45. The molecule has 0 bridgehead atoms. The van der Waals surface area contributed by atoms with Crippen LogP contribution in [0.15, 0.2) is 28.7 Å². The topological polar surface area (TPSA) is 21.3 Å². The Morgan fingerprint density at radius 2 is 2.12 bits per heavy atom. The molecule has 3 heteroatoms. The zero-order valence-electron chi connectivity index (χ0n) is 10.7. The molecule has 0 radical (unpaired) electrons. The molecule has 0 aliphatic heterocycles. The quantitative estimate of drug-likeness (QED) is 0.738. The standard InChI is InChI=1S/C14H22BrNO/c1-3-6-12(2)16-9-10-17-11-13-7-4-5-8-14(13)15/h4-5,7-8,12,16H,3,6,9-11H2,1-2H3. The second kappa shape index (κ2) is 8.67. The van der Waals surface area contributed by atoms with Gasteiger partial charge < -0.3 is 10.1 Å². The van der Waals surface area contributed by atoms with Gasteiger partial charge in [-0.05, 0) is 25.0 Å². The maximum absolute atomic E-state index is 5.64. The minimum absolute atomic E-state index is 0.590. The van der Waals surface area contributed by atoms with E-state index < -0.39 is 0 Å². The molecule has 1 atom stereocenters. The molecule has 0 saturated carbocycles. The third kappa shape index (κ3) is 6.20.